The zero-order valence-corrected chi connectivity index (χ0v) is 9.40. The molecule has 0 aromatic carbocycles. The number of carbonyl (C=O) groups excluding carboxylic acids is 2. The molecule has 5 heteroatoms. The molecular weight excluding hydrogens is 208 g/mol. The summed E-state index contributed by atoms with van der Waals surface area (Å²) in [6.07, 6.45) is 3.35. The van der Waals surface area contributed by atoms with E-state index in [0.717, 1.165) is 18.5 Å². The lowest BCUT2D eigenvalue weighted by Gasteiger charge is -2.18. The Morgan fingerprint density at radius 3 is 3.00 bits per heavy atom. The molecule has 0 saturated heterocycles. The second kappa shape index (κ2) is 4.08. The Kier molecular flexibility index (Phi) is 2.77. The van der Waals surface area contributed by atoms with E-state index in [2.05, 4.69) is 5.10 Å². The molecule has 86 valence electrons. The molecule has 1 aromatic heterocycles. The van der Waals surface area contributed by atoms with Crippen LogP contribution >= 0.6 is 0 Å². The van der Waals surface area contributed by atoms with Crippen molar-refractivity contribution in [1.29, 1.82) is 0 Å². The SMILES string of the molecule is CC(=O)OC(C)n1ncc2c1CCCC2=O. The van der Waals surface area contributed by atoms with Gasteiger partial charge < -0.3 is 4.74 Å². The number of fused-ring (bicyclic) bond motifs is 1. The Balaban J connectivity index is 2.29. The summed E-state index contributed by atoms with van der Waals surface area (Å²) in [7, 11) is 0. The van der Waals surface area contributed by atoms with Crippen LogP contribution in [0.5, 0.6) is 0 Å². The van der Waals surface area contributed by atoms with Crippen molar-refractivity contribution in [2.24, 2.45) is 0 Å². The lowest BCUT2D eigenvalue weighted by atomic mass is 9.97. The third kappa shape index (κ3) is 1.85. The van der Waals surface area contributed by atoms with Crippen LogP contribution in [0, 0.1) is 0 Å². The van der Waals surface area contributed by atoms with Crippen LogP contribution in [0.15, 0.2) is 6.20 Å². The van der Waals surface area contributed by atoms with Gasteiger partial charge in [-0.05, 0) is 19.8 Å². The number of nitrogens with zero attached hydrogens (tertiary/aromatic N) is 2. The monoisotopic (exact) mass is 222 g/mol. The van der Waals surface area contributed by atoms with E-state index in [1.165, 1.54) is 6.92 Å². The molecule has 0 N–H and O–H groups in total. The van der Waals surface area contributed by atoms with Crippen LogP contribution in [0.2, 0.25) is 0 Å². The van der Waals surface area contributed by atoms with Crippen LogP contribution in [0.3, 0.4) is 0 Å². The molecule has 5 nitrogen and oxygen atoms in total. The molecule has 1 unspecified atom stereocenters. The van der Waals surface area contributed by atoms with Gasteiger partial charge in [-0.25, -0.2) is 4.68 Å². The first-order valence-electron chi connectivity index (χ1n) is 5.36. The van der Waals surface area contributed by atoms with Crippen LogP contribution in [0.4, 0.5) is 0 Å². The summed E-state index contributed by atoms with van der Waals surface area (Å²) in [6.45, 7) is 3.10. The Morgan fingerprint density at radius 2 is 2.31 bits per heavy atom. The van der Waals surface area contributed by atoms with E-state index in [1.807, 2.05) is 0 Å². The van der Waals surface area contributed by atoms with Gasteiger partial charge in [0.2, 0.25) is 0 Å². The summed E-state index contributed by atoms with van der Waals surface area (Å²) >= 11 is 0. The Hall–Kier alpha value is -1.65. The van der Waals surface area contributed by atoms with Crippen LogP contribution in [-0.2, 0) is 16.0 Å². The predicted octanol–water partition coefficient (Wildman–Crippen LogP) is 1.48. The molecule has 16 heavy (non-hydrogen) atoms. The third-order valence-electron chi connectivity index (χ3n) is 2.70. The highest BCUT2D eigenvalue weighted by Crippen LogP contribution is 2.23. The number of ketones is 1. The smallest absolute Gasteiger partial charge is 0.304 e. The van der Waals surface area contributed by atoms with Crippen molar-refractivity contribution < 1.29 is 14.3 Å². The minimum Gasteiger partial charge on any atom is -0.440 e. The van der Waals surface area contributed by atoms with Crippen molar-refractivity contribution in [3.63, 3.8) is 0 Å². The number of hydrogen-bond donors (Lipinski definition) is 0. The minimum absolute atomic E-state index is 0.127. The summed E-state index contributed by atoms with van der Waals surface area (Å²) in [5.41, 5.74) is 1.55. The first-order chi connectivity index (χ1) is 7.59. The highest BCUT2D eigenvalue weighted by Gasteiger charge is 2.24. The first kappa shape index (κ1) is 10.9. The molecule has 1 heterocycles. The van der Waals surface area contributed by atoms with Gasteiger partial charge in [-0.15, -0.1) is 0 Å². The van der Waals surface area contributed by atoms with Gasteiger partial charge in [-0.1, -0.05) is 0 Å². The highest BCUT2D eigenvalue weighted by molar-refractivity contribution is 5.97. The molecule has 1 aromatic rings. The number of ether oxygens (including phenoxy) is 1. The summed E-state index contributed by atoms with van der Waals surface area (Å²) in [6, 6.07) is 0. The van der Waals surface area contributed by atoms with E-state index in [4.69, 9.17) is 4.74 Å². The van der Waals surface area contributed by atoms with E-state index in [0.29, 0.717) is 12.0 Å². The molecule has 0 fully saturated rings. The van der Waals surface area contributed by atoms with E-state index < -0.39 is 6.23 Å². The van der Waals surface area contributed by atoms with Gasteiger partial charge >= 0.3 is 5.97 Å². The average Bonchev–Trinajstić information content (AvgIpc) is 2.61. The van der Waals surface area contributed by atoms with Gasteiger partial charge in [0.1, 0.15) is 0 Å². The van der Waals surface area contributed by atoms with E-state index in [-0.39, 0.29) is 11.8 Å². The number of esters is 1. The van der Waals surface area contributed by atoms with Crippen molar-refractivity contribution in [1.82, 2.24) is 9.78 Å². The first-order valence-corrected chi connectivity index (χ1v) is 5.36. The average molecular weight is 222 g/mol. The maximum Gasteiger partial charge on any atom is 0.304 e. The second-order valence-electron chi connectivity index (χ2n) is 3.93. The molecule has 1 atom stereocenters. The molecule has 0 bridgehead atoms. The Morgan fingerprint density at radius 1 is 1.56 bits per heavy atom. The van der Waals surface area contributed by atoms with Gasteiger partial charge in [-0.3, -0.25) is 9.59 Å². The zero-order valence-electron chi connectivity index (χ0n) is 9.40. The Labute approximate surface area is 93.4 Å². The molecular formula is C11H14N2O3. The number of Topliss-reactive ketones (excluding diaryl/α,β-unsaturated/α-hetero) is 1. The third-order valence-corrected chi connectivity index (χ3v) is 2.70. The quantitative estimate of drug-likeness (QED) is 0.711. The van der Waals surface area contributed by atoms with E-state index in [9.17, 15) is 9.59 Å². The fourth-order valence-electron chi connectivity index (χ4n) is 2.02. The molecule has 0 saturated carbocycles. The van der Waals surface area contributed by atoms with E-state index >= 15 is 0 Å². The van der Waals surface area contributed by atoms with Crippen molar-refractivity contribution in [2.75, 3.05) is 0 Å². The van der Waals surface area contributed by atoms with E-state index in [1.54, 1.807) is 17.8 Å². The topological polar surface area (TPSA) is 61.2 Å². The molecule has 2 rings (SSSR count). The van der Waals surface area contributed by atoms with Crippen molar-refractivity contribution >= 4 is 11.8 Å². The van der Waals surface area contributed by atoms with Crippen LogP contribution in [0.25, 0.3) is 0 Å². The van der Waals surface area contributed by atoms with Gasteiger partial charge in [-0.2, -0.15) is 5.10 Å². The molecule has 0 spiro atoms. The predicted molar refractivity (Wildman–Crippen MR) is 56.0 cm³/mol. The number of hydrogen-bond acceptors (Lipinski definition) is 4. The summed E-state index contributed by atoms with van der Waals surface area (Å²) < 4.78 is 6.66. The van der Waals surface area contributed by atoms with Crippen molar-refractivity contribution in [3.05, 3.63) is 17.5 Å². The summed E-state index contributed by atoms with van der Waals surface area (Å²) in [5.74, 6) is -0.221. The fraction of sp³-hybridized carbons (Fsp3) is 0.545. The van der Waals surface area contributed by atoms with Crippen LogP contribution in [0.1, 0.15) is 49.0 Å². The maximum atomic E-state index is 11.6. The summed E-state index contributed by atoms with van der Waals surface area (Å²) in [4.78, 5) is 22.4. The zero-order chi connectivity index (χ0) is 11.7. The minimum atomic E-state index is -0.452. The van der Waals surface area contributed by atoms with Crippen LogP contribution < -0.4 is 0 Å². The fourth-order valence-corrected chi connectivity index (χ4v) is 2.02. The normalized spacial score (nSPS) is 16.8. The van der Waals surface area contributed by atoms with Crippen molar-refractivity contribution in [3.8, 4) is 0 Å². The van der Waals surface area contributed by atoms with Gasteiger partial charge in [0.25, 0.3) is 0 Å². The van der Waals surface area contributed by atoms with Crippen LogP contribution in [-0.4, -0.2) is 21.5 Å². The van der Waals surface area contributed by atoms with Gasteiger partial charge in [0.15, 0.2) is 12.0 Å². The molecule has 0 aliphatic heterocycles. The largest absolute Gasteiger partial charge is 0.440 e. The molecule has 1 aliphatic carbocycles. The summed E-state index contributed by atoms with van der Waals surface area (Å²) in [5, 5.41) is 4.12. The number of carbonyl (C=O) groups is 2. The lowest BCUT2D eigenvalue weighted by Crippen LogP contribution is -2.19. The number of aromatic nitrogens is 2. The van der Waals surface area contributed by atoms with Crippen molar-refractivity contribution in [2.45, 2.75) is 39.3 Å². The highest BCUT2D eigenvalue weighted by atomic mass is 16.6. The van der Waals surface area contributed by atoms with Gasteiger partial charge in [0, 0.05) is 13.3 Å². The number of rotatable bonds is 2. The second-order valence-corrected chi connectivity index (χ2v) is 3.93. The maximum absolute atomic E-state index is 11.6. The Bertz CT molecular complexity index is 436. The lowest BCUT2D eigenvalue weighted by molar-refractivity contribution is -0.150. The standard InChI is InChI=1S/C11H14N2O3/c1-7(16-8(2)14)13-10-4-3-5-11(15)9(10)6-12-13/h6-7H,3-5H2,1-2H3. The van der Waals surface area contributed by atoms with Gasteiger partial charge in [0.05, 0.1) is 17.5 Å². The molecule has 1 aliphatic rings. The molecule has 0 amide bonds. The molecule has 0 radical (unpaired) electrons.